The van der Waals surface area contributed by atoms with Crippen molar-refractivity contribution in [1.29, 1.82) is 5.26 Å². The highest BCUT2D eigenvalue weighted by molar-refractivity contribution is 8.03. The standard InChI is InChI=1S/C26H27N3O5S/c1-5-34-21-12-7-6-11-19(21)24-20(14-27)25(28-16(2)23(24)26(31)33-4)35-15-22(30)29-17-9-8-10-18(13-17)32-3/h6-13,24,28H,5,15H2,1-4H3,(H,29,30)/t24-/m1/s1. The van der Waals surface area contributed by atoms with Gasteiger partial charge in [-0.15, -0.1) is 0 Å². The average Bonchev–Trinajstić information content (AvgIpc) is 2.87. The minimum absolute atomic E-state index is 0.0470. The maximum absolute atomic E-state index is 12.7. The number of nitrogens with one attached hydrogen (secondary N) is 2. The summed E-state index contributed by atoms with van der Waals surface area (Å²) in [6.07, 6.45) is 0. The van der Waals surface area contributed by atoms with E-state index in [4.69, 9.17) is 14.2 Å². The van der Waals surface area contributed by atoms with E-state index >= 15 is 0 Å². The monoisotopic (exact) mass is 493 g/mol. The van der Waals surface area contributed by atoms with E-state index in [1.54, 1.807) is 44.4 Å². The lowest BCUT2D eigenvalue weighted by molar-refractivity contribution is -0.136. The summed E-state index contributed by atoms with van der Waals surface area (Å²) in [7, 11) is 2.86. The molecule has 3 rings (SSSR count). The van der Waals surface area contributed by atoms with Crippen LogP contribution in [-0.2, 0) is 14.3 Å². The Hall–Kier alpha value is -3.90. The number of para-hydroxylation sites is 1. The van der Waals surface area contributed by atoms with Crippen LogP contribution in [0.25, 0.3) is 0 Å². The fourth-order valence-corrected chi connectivity index (χ4v) is 4.65. The highest BCUT2D eigenvalue weighted by Gasteiger charge is 2.37. The zero-order valence-corrected chi connectivity index (χ0v) is 20.8. The number of methoxy groups -OCH3 is 2. The molecule has 0 aromatic heterocycles. The van der Waals surface area contributed by atoms with Crippen LogP contribution in [0.5, 0.6) is 11.5 Å². The summed E-state index contributed by atoms with van der Waals surface area (Å²) < 4.78 is 16.0. The first-order valence-corrected chi connectivity index (χ1v) is 11.9. The number of nitrogens with zero attached hydrogens (tertiary/aromatic N) is 1. The van der Waals surface area contributed by atoms with Crippen molar-refractivity contribution in [2.24, 2.45) is 0 Å². The first-order valence-electron chi connectivity index (χ1n) is 10.9. The molecule has 0 fully saturated rings. The third-order valence-corrected chi connectivity index (χ3v) is 6.30. The van der Waals surface area contributed by atoms with Gasteiger partial charge in [-0.1, -0.05) is 36.0 Å². The van der Waals surface area contributed by atoms with Crippen molar-refractivity contribution in [3.63, 3.8) is 0 Å². The number of nitriles is 1. The number of anilines is 1. The highest BCUT2D eigenvalue weighted by atomic mass is 32.2. The van der Waals surface area contributed by atoms with Gasteiger partial charge in [0.2, 0.25) is 5.91 Å². The first kappa shape index (κ1) is 25.7. The largest absolute Gasteiger partial charge is 0.497 e. The molecule has 0 aliphatic carbocycles. The van der Waals surface area contributed by atoms with Crippen molar-refractivity contribution in [1.82, 2.24) is 5.32 Å². The Morgan fingerprint density at radius 1 is 1.17 bits per heavy atom. The molecule has 9 heteroatoms. The van der Waals surface area contributed by atoms with Crippen LogP contribution in [0.15, 0.2) is 70.4 Å². The van der Waals surface area contributed by atoms with E-state index in [1.165, 1.54) is 18.9 Å². The Kier molecular flexibility index (Phi) is 8.81. The van der Waals surface area contributed by atoms with E-state index in [-0.39, 0.29) is 11.7 Å². The molecule has 0 spiro atoms. The molecule has 0 saturated carbocycles. The van der Waals surface area contributed by atoms with Crippen LogP contribution in [0.3, 0.4) is 0 Å². The molecule has 2 N–H and O–H groups in total. The third-order valence-electron chi connectivity index (χ3n) is 5.28. The van der Waals surface area contributed by atoms with Gasteiger partial charge in [0.25, 0.3) is 0 Å². The highest BCUT2D eigenvalue weighted by Crippen LogP contribution is 2.44. The predicted octanol–water partition coefficient (Wildman–Crippen LogP) is 4.33. The van der Waals surface area contributed by atoms with Crippen LogP contribution < -0.4 is 20.1 Å². The summed E-state index contributed by atoms with van der Waals surface area (Å²) >= 11 is 1.19. The van der Waals surface area contributed by atoms with Gasteiger partial charge in [0.15, 0.2) is 0 Å². The van der Waals surface area contributed by atoms with Crippen molar-refractivity contribution in [2.75, 3.05) is 31.9 Å². The minimum Gasteiger partial charge on any atom is -0.497 e. The Bertz CT molecular complexity index is 1220. The molecular formula is C26H27N3O5S. The summed E-state index contributed by atoms with van der Waals surface area (Å²) in [5, 5.41) is 16.6. The smallest absolute Gasteiger partial charge is 0.336 e. The number of thioether (sulfide) groups is 1. The number of rotatable bonds is 9. The number of ether oxygens (including phenoxy) is 3. The molecule has 1 heterocycles. The van der Waals surface area contributed by atoms with Crippen molar-refractivity contribution >= 4 is 29.3 Å². The number of carbonyl (C=O) groups excluding carboxylic acids is 2. The number of dihydropyridines is 1. The van der Waals surface area contributed by atoms with E-state index in [1.807, 2.05) is 25.1 Å². The normalized spacial score (nSPS) is 15.1. The SMILES string of the molecule is CCOc1ccccc1[C@@H]1C(C#N)=C(SCC(=O)Nc2cccc(OC)c2)NC(C)=C1C(=O)OC. The van der Waals surface area contributed by atoms with Crippen LogP contribution in [0.1, 0.15) is 25.3 Å². The molecule has 35 heavy (non-hydrogen) atoms. The Morgan fingerprint density at radius 3 is 2.63 bits per heavy atom. The lowest BCUT2D eigenvalue weighted by Gasteiger charge is -2.30. The minimum atomic E-state index is -0.708. The van der Waals surface area contributed by atoms with Gasteiger partial charge in [-0.25, -0.2) is 4.79 Å². The lowest BCUT2D eigenvalue weighted by Crippen LogP contribution is -2.29. The van der Waals surface area contributed by atoms with E-state index in [0.717, 1.165) is 0 Å². The topological polar surface area (TPSA) is 110 Å². The second-order valence-electron chi connectivity index (χ2n) is 7.48. The molecule has 1 amide bonds. The van der Waals surface area contributed by atoms with Gasteiger partial charge in [0, 0.05) is 23.0 Å². The van der Waals surface area contributed by atoms with Crippen LogP contribution >= 0.6 is 11.8 Å². The fourth-order valence-electron chi connectivity index (χ4n) is 3.76. The maximum Gasteiger partial charge on any atom is 0.336 e. The molecule has 2 aromatic carbocycles. The van der Waals surface area contributed by atoms with Gasteiger partial charge in [0.1, 0.15) is 11.5 Å². The van der Waals surface area contributed by atoms with Crippen molar-refractivity contribution in [3.05, 3.63) is 76.0 Å². The van der Waals surface area contributed by atoms with Crippen molar-refractivity contribution in [3.8, 4) is 17.6 Å². The zero-order chi connectivity index (χ0) is 25.4. The number of benzene rings is 2. The average molecular weight is 494 g/mol. The van der Waals surface area contributed by atoms with Gasteiger partial charge < -0.3 is 24.8 Å². The number of esters is 1. The van der Waals surface area contributed by atoms with Gasteiger partial charge >= 0.3 is 5.97 Å². The fraction of sp³-hybridized carbons (Fsp3) is 0.269. The number of allylic oxidation sites excluding steroid dienone is 2. The summed E-state index contributed by atoms with van der Waals surface area (Å²) in [6, 6.07) is 16.6. The Morgan fingerprint density at radius 2 is 1.94 bits per heavy atom. The van der Waals surface area contributed by atoms with E-state index < -0.39 is 11.9 Å². The number of carbonyl (C=O) groups is 2. The van der Waals surface area contributed by atoms with E-state index in [2.05, 4.69) is 16.7 Å². The lowest BCUT2D eigenvalue weighted by atomic mass is 9.82. The summed E-state index contributed by atoms with van der Waals surface area (Å²) in [5.41, 5.74) is 2.45. The molecule has 0 saturated heterocycles. The molecule has 0 radical (unpaired) electrons. The van der Waals surface area contributed by atoms with Crippen molar-refractivity contribution in [2.45, 2.75) is 19.8 Å². The predicted molar refractivity (Wildman–Crippen MR) is 135 cm³/mol. The van der Waals surface area contributed by atoms with Crippen LogP contribution in [0, 0.1) is 11.3 Å². The Labute approximate surface area is 208 Å². The van der Waals surface area contributed by atoms with Gasteiger partial charge in [-0.2, -0.15) is 5.26 Å². The Balaban J connectivity index is 1.93. The molecule has 1 aliphatic rings. The molecule has 1 atom stereocenters. The molecule has 0 unspecified atom stereocenters. The number of hydrogen-bond acceptors (Lipinski definition) is 8. The van der Waals surface area contributed by atoms with Gasteiger partial charge in [0.05, 0.1) is 54.7 Å². The van der Waals surface area contributed by atoms with Crippen LogP contribution in [-0.4, -0.2) is 38.5 Å². The molecule has 2 aromatic rings. The molecule has 8 nitrogen and oxygen atoms in total. The van der Waals surface area contributed by atoms with E-state index in [9.17, 15) is 14.9 Å². The molecule has 182 valence electrons. The van der Waals surface area contributed by atoms with E-state index in [0.29, 0.717) is 51.2 Å². The maximum atomic E-state index is 12.7. The first-order chi connectivity index (χ1) is 16.9. The zero-order valence-electron chi connectivity index (χ0n) is 20.0. The summed E-state index contributed by atoms with van der Waals surface area (Å²) in [5.74, 6) is -0.249. The molecule has 1 aliphatic heterocycles. The quantitative estimate of drug-likeness (QED) is 0.497. The number of hydrogen-bond donors (Lipinski definition) is 2. The van der Waals surface area contributed by atoms with Gasteiger partial charge in [-0.3, -0.25) is 4.79 Å². The summed E-state index contributed by atoms with van der Waals surface area (Å²) in [4.78, 5) is 25.4. The molecule has 0 bridgehead atoms. The number of amides is 1. The second kappa shape index (κ2) is 12.0. The van der Waals surface area contributed by atoms with Crippen LogP contribution in [0.2, 0.25) is 0 Å². The molecular weight excluding hydrogens is 466 g/mol. The van der Waals surface area contributed by atoms with Crippen LogP contribution in [0.4, 0.5) is 5.69 Å². The summed E-state index contributed by atoms with van der Waals surface area (Å²) in [6.45, 7) is 4.04. The van der Waals surface area contributed by atoms with Crippen molar-refractivity contribution < 1.29 is 23.8 Å². The second-order valence-corrected chi connectivity index (χ2v) is 8.47. The third kappa shape index (κ3) is 5.97. The van der Waals surface area contributed by atoms with Gasteiger partial charge in [-0.05, 0) is 32.0 Å².